The van der Waals surface area contributed by atoms with Crippen LogP contribution in [0.3, 0.4) is 0 Å². The number of nitrogens with zero attached hydrogens (tertiary/aromatic N) is 6. The zero-order valence-electron chi connectivity index (χ0n) is 23.0. The van der Waals surface area contributed by atoms with Crippen LogP contribution in [0.4, 0.5) is 0 Å². The summed E-state index contributed by atoms with van der Waals surface area (Å²) < 4.78 is 13.6. The van der Waals surface area contributed by atoms with Crippen molar-refractivity contribution in [3.8, 4) is 5.88 Å². The summed E-state index contributed by atoms with van der Waals surface area (Å²) in [6.45, 7) is 8.19. The predicted octanol–water partition coefficient (Wildman–Crippen LogP) is 4.30. The number of benzene rings is 1. The Bertz CT molecular complexity index is 1480. The Morgan fingerprint density at radius 3 is 2.90 bits per heavy atom. The molecule has 9 heteroatoms. The van der Waals surface area contributed by atoms with Crippen molar-refractivity contribution < 1.29 is 14.6 Å². The average molecular weight is 529 g/mol. The lowest BCUT2D eigenvalue weighted by molar-refractivity contribution is -0.100. The van der Waals surface area contributed by atoms with Gasteiger partial charge in [0.1, 0.15) is 16.6 Å². The third-order valence-corrected chi connectivity index (χ3v) is 7.91. The quantitative estimate of drug-likeness (QED) is 0.355. The summed E-state index contributed by atoms with van der Waals surface area (Å²) in [4.78, 5) is 11.8. The summed E-state index contributed by atoms with van der Waals surface area (Å²) in [5.74, 6) is 0.575. The van der Waals surface area contributed by atoms with Crippen LogP contribution >= 0.6 is 0 Å². The van der Waals surface area contributed by atoms with E-state index in [1.54, 1.807) is 10.9 Å². The number of hydrogen-bond donors (Lipinski definition) is 1. The molecule has 0 fully saturated rings. The number of hydrogen-bond acceptors (Lipinski definition) is 8. The molecule has 3 atom stereocenters. The van der Waals surface area contributed by atoms with Crippen LogP contribution in [0.15, 0.2) is 48.8 Å². The second-order valence-electron chi connectivity index (χ2n) is 11.3. The summed E-state index contributed by atoms with van der Waals surface area (Å²) >= 11 is 0. The van der Waals surface area contributed by atoms with E-state index < -0.39 is 6.29 Å². The molecule has 3 aromatic heterocycles. The van der Waals surface area contributed by atoms with Crippen molar-refractivity contribution in [3.05, 3.63) is 76.7 Å². The maximum Gasteiger partial charge on any atom is 0.218 e. The molecule has 3 unspecified atom stereocenters. The van der Waals surface area contributed by atoms with Gasteiger partial charge in [-0.05, 0) is 62.4 Å². The highest BCUT2D eigenvalue weighted by Gasteiger charge is 2.36. The first-order valence-electron chi connectivity index (χ1n) is 13.8. The lowest BCUT2D eigenvalue weighted by atomic mass is 9.89. The maximum atomic E-state index is 10.7. The highest BCUT2D eigenvalue weighted by atomic mass is 16.6. The largest absolute Gasteiger partial charge is 0.470 e. The lowest BCUT2D eigenvalue weighted by Crippen LogP contribution is -2.41. The molecule has 1 aliphatic heterocycles. The SMILES string of the molecule is CCOC(O)CC(c1ccc2c(c1)C(N1Cc3cccnc3OC(C)(C)C1)CC2)c1cc2nnn(C)c2cn1. The zero-order chi connectivity index (χ0) is 27.1. The number of aromatic nitrogens is 5. The Balaban J connectivity index is 1.37. The van der Waals surface area contributed by atoms with E-state index in [1.165, 1.54) is 11.1 Å². The Morgan fingerprint density at radius 2 is 2.05 bits per heavy atom. The molecule has 4 aromatic rings. The summed E-state index contributed by atoms with van der Waals surface area (Å²) in [7, 11) is 1.86. The molecule has 0 radical (unpaired) electrons. The summed E-state index contributed by atoms with van der Waals surface area (Å²) in [6.07, 6.45) is 5.21. The van der Waals surface area contributed by atoms with E-state index in [4.69, 9.17) is 14.5 Å². The van der Waals surface area contributed by atoms with Crippen molar-refractivity contribution >= 4 is 11.0 Å². The molecule has 204 valence electrons. The van der Waals surface area contributed by atoms with E-state index >= 15 is 0 Å². The number of aliphatic hydroxyl groups excluding tert-OH is 1. The fraction of sp³-hybridized carbons (Fsp3) is 0.467. The van der Waals surface area contributed by atoms with Gasteiger partial charge in [-0.1, -0.05) is 29.5 Å². The van der Waals surface area contributed by atoms with Crippen molar-refractivity contribution in [2.75, 3.05) is 13.2 Å². The van der Waals surface area contributed by atoms with E-state index in [1.807, 2.05) is 32.3 Å². The number of fused-ring (bicyclic) bond motifs is 3. The number of ether oxygens (including phenoxy) is 2. The van der Waals surface area contributed by atoms with Crippen LogP contribution < -0.4 is 4.74 Å². The lowest BCUT2D eigenvalue weighted by Gasteiger charge is -2.34. The van der Waals surface area contributed by atoms with Gasteiger partial charge in [-0.25, -0.2) is 9.67 Å². The van der Waals surface area contributed by atoms with E-state index in [2.05, 4.69) is 58.3 Å². The van der Waals surface area contributed by atoms with Gasteiger partial charge in [0.25, 0.3) is 0 Å². The van der Waals surface area contributed by atoms with Crippen LogP contribution in [0, 0.1) is 0 Å². The van der Waals surface area contributed by atoms with Crippen LogP contribution in [0.2, 0.25) is 0 Å². The molecule has 1 N–H and O–H groups in total. The summed E-state index contributed by atoms with van der Waals surface area (Å²) in [5, 5.41) is 19.1. The van der Waals surface area contributed by atoms with Crippen LogP contribution in [-0.4, -0.2) is 60.0 Å². The smallest absolute Gasteiger partial charge is 0.218 e. The number of rotatable bonds is 7. The number of pyridine rings is 2. The average Bonchev–Trinajstić information content (AvgIpc) is 3.46. The monoisotopic (exact) mass is 528 g/mol. The van der Waals surface area contributed by atoms with Gasteiger partial charge >= 0.3 is 0 Å². The van der Waals surface area contributed by atoms with E-state index in [0.29, 0.717) is 13.0 Å². The van der Waals surface area contributed by atoms with Crippen LogP contribution in [0.5, 0.6) is 5.88 Å². The number of aliphatic hydroxyl groups is 1. The second-order valence-corrected chi connectivity index (χ2v) is 11.3. The van der Waals surface area contributed by atoms with Crippen molar-refractivity contribution in [1.29, 1.82) is 0 Å². The normalized spacial score (nSPS) is 20.2. The molecule has 0 saturated heterocycles. The molecule has 4 heterocycles. The highest BCUT2D eigenvalue weighted by molar-refractivity contribution is 5.73. The molecule has 6 rings (SSSR count). The fourth-order valence-electron chi connectivity index (χ4n) is 6.14. The summed E-state index contributed by atoms with van der Waals surface area (Å²) in [6, 6.07) is 13.1. The molecule has 0 bridgehead atoms. The van der Waals surface area contributed by atoms with Crippen molar-refractivity contribution in [1.82, 2.24) is 29.9 Å². The zero-order valence-corrected chi connectivity index (χ0v) is 23.0. The van der Waals surface area contributed by atoms with Gasteiger partial charge < -0.3 is 14.6 Å². The molecule has 39 heavy (non-hydrogen) atoms. The van der Waals surface area contributed by atoms with E-state index in [0.717, 1.165) is 59.7 Å². The fourth-order valence-corrected chi connectivity index (χ4v) is 6.14. The van der Waals surface area contributed by atoms with Gasteiger partial charge in [-0.2, -0.15) is 0 Å². The molecule has 2 aliphatic rings. The van der Waals surface area contributed by atoms with Crippen LogP contribution in [0.1, 0.15) is 73.5 Å². The molecular weight excluding hydrogens is 492 g/mol. The molecule has 0 saturated carbocycles. The topological polar surface area (TPSA) is 98.4 Å². The molecule has 9 nitrogen and oxygen atoms in total. The van der Waals surface area contributed by atoms with Gasteiger partial charge in [0.2, 0.25) is 5.88 Å². The van der Waals surface area contributed by atoms with Gasteiger partial charge in [-0.3, -0.25) is 9.88 Å². The van der Waals surface area contributed by atoms with Gasteiger partial charge in [0.05, 0.1) is 11.9 Å². The first kappa shape index (κ1) is 25.9. The van der Waals surface area contributed by atoms with Crippen molar-refractivity contribution in [2.24, 2.45) is 7.05 Å². The van der Waals surface area contributed by atoms with Crippen molar-refractivity contribution in [2.45, 2.75) is 70.4 Å². The minimum absolute atomic E-state index is 0.154. The third kappa shape index (κ3) is 5.14. The predicted molar refractivity (Wildman–Crippen MR) is 147 cm³/mol. The van der Waals surface area contributed by atoms with Gasteiger partial charge in [0, 0.05) is 56.9 Å². The Morgan fingerprint density at radius 1 is 1.18 bits per heavy atom. The highest BCUT2D eigenvalue weighted by Crippen LogP contribution is 2.42. The maximum absolute atomic E-state index is 10.7. The number of aryl methyl sites for hydroxylation is 2. The van der Waals surface area contributed by atoms with Crippen molar-refractivity contribution in [3.63, 3.8) is 0 Å². The molecule has 1 aromatic carbocycles. The molecule has 1 aliphatic carbocycles. The standard InChI is InChI=1S/C30H36N6O3/c1-5-38-28(37)14-22(24-15-25-27(16-32-24)35(4)34-33-25)20-9-8-19-10-11-26(23(19)13-20)36-17-21-7-6-12-31-29(21)39-30(2,3)18-36/h6-9,12-13,15-16,22,26,28,37H,5,10-11,14,17-18H2,1-4H3. The third-order valence-electron chi connectivity index (χ3n) is 7.91. The Labute approximate surface area is 228 Å². The second kappa shape index (κ2) is 10.3. The minimum Gasteiger partial charge on any atom is -0.470 e. The molecular formula is C30H36N6O3. The molecule has 0 spiro atoms. The minimum atomic E-state index is -0.893. The first-order valence-corrected chi connectivity index (χ1v) is 13.8. The van der Waals surface area contributed by atoms with Crippen LogP contribution in [0.25, 0.3) is 11.0 Å². The van der Waals surface area contributed by atoms with Gasteiger partial charge in [0.15, 0.2) is 6.29 Å². The van der Waals surface area contributed by atoms with E-state index in [-0.39, 0.29) is 17.6 Å². The molecule has 0 amide bonds. The van der Waals surface area contributed by atoms with Gasteiger partial charge in [-0.15, -0.1) is 5.10 Å². The Hall–Kier alpha value is -3.40. The van der Waals surface area contributed by atoms with E-state index in [9.17, 15) is 5.11 Å². The Kier molecular flexibility index (Phi) is 6.82. The summed E-state index contributed by atoms with van der Waals surface area (Å²) in [5.41, 5.74) is 7.09. The van der Waals surface area contributed by atoms with Crippen LogP contribution in [-0.2, 0) is 24.8 Å². The first-order chi connectivity index (χ1) is 18.8.